The van der Waals surface area contributed by atoms with Crippen LogP contribution in [0.2, 0.25) is 0 Å². The summed E-state index contributed by atoms with van der Waals surface area (Å²) in [5.41, 5.74) is 6.16. The Bertz CT molecular complexity index is 263. The van der Waals surface area contributed by atoms with E-state index in [1.807, 2.05) is 0 Å². The van der Waals surface area contributed by atoms with Crippen LogP contribution in [0.1, 0.15) is 16.7 Å². The number of hydrogen-bond acceptors (Lipinski definition) is 6. The van der Waals surface area contributed by atoms with Gasteiger partial charge >= 0.3 is 0 Å². The first-order valence-corrected chi connectivity index (χ1v) is 4.19. The summed E-state index contributed by atoms with van der Waals surface area (Å²) in [6.07, 6.45) is -0.732. The number of aliphatic hydroxyl groups excluding tert-OH is 1. The molecule has 0 fully saturated rings. The van der Waals surface area contributed by atoms with Crippen molar-refractivity contribution < 1.29 is 9.94 Å². The van der Waals surface area contributed by atoms with Crippen molar-refractivity contribution >= 4 is 16.5 Å². The lowest BCUT2D eigenvalue weighted by molar-refractivity contribution is 0.0373. The van der Waals surface area contributed by atoms with Crippen LogP contribution in [0.15, 0.2) is 0 Å². The minimum absolute atomic E-state index is 0.0580. The number of hydrogen-bond donors (Lipinski definition) is 3. The van der Waals surface area contributed by atoms with Gasteiger partial charge in [-0.05, 0) is 6.92 Å². The molecule has 68 valence electrons. The Kier molecular flexibility index (Phi) is 2.99. The van der Waals surface area contributed by atoms with Crippen molar-refractivity contribution in [2.45, 2.75) is 13.0 Å². The third-order valence-corrected chi connectivity index (χ3v) is 2.49. The van der Waals surface area contributed by atoms with Crippen LogP contribution in [-0.4, -0.2) is 16.7 Å². The van der Waals surface area contributed by atoms with Gasteiger partial charge in [0.2, 0.25) is 0 Å². The zero-order chi connectivity index (χ0) is 9.14. The molecule has 1 atom stereocenters. The van der Waals surface area contributed by atoms with Gasteiger partial charge in [-0.15, -0.1) is 0 Å². The van der Waals surface area contributed by atoms with Gasteiger partial charge in [0, 0.05) is 0 Å². The molecule has 0 radical (unpaired) electrons. The lowest BCUT2D eigenvalue weighted by Gasteiger charge is -2.05. The molecule has 5 N–H and O–H groups in total. The van der Waals surface area contributed by atoms with Crippen molar-refractivity contribution in [1.29, 1.82) is 0 Å². The van der Waals surface area contributed by atoms with E-state index in [9.17, 15) is 5.11 Å². The van der Waals surface area contributed by atoms with Crippen molar-refractivity contribution in [3.05, 3.63) is 10.6 Å². The van der Waals surface area contributed by atoms with E-state index in [0.29, 0.717) is 10.0 Å². The van der Waals surface area contributed by atoms with Crippen molar-refractivity contribution in [3.63, 3.8) is 0 Å². The highest BCUT2D eigenvalue weighted by molar-refractivity contribution is 7.15. The summed E-state index contributed by atoms with van der Waals surface area (Å²) in [7, 11) is 0. The number of anilines is 1. The summed E-state index contributed by atoms with van der Waals surface area (Å²) in [4.78, 5) is 8.97. The number of nitrogen functional groups attached to an aromatic ring is 1. The highest BCUT2D eigenvalue weighted by Crippen LogP contribution is 2.26. The molecule has 1 heterocycles. The van der Waals surface area contributed by atoms with Gasteiger partial charge in [-0.3, -0.25) is 0 Å². The van der Waals surface area contributed by atoms with Crippen LogP contribution in [0.3, 0.4) is 0 Å². The fraction of sp³-hybridized carbons (Fsp3) is 0.500. The molecule has 0 spiro atoms. The van der Waals surface area contributed by atoms with Gasteiger partial charge in [0.25, 0.3) is 0 Å². The molecule has 6 heteroatoms. The third-order valence-electron chi connectivity index (χ3n) is 1.41. The molecular formula is C6H11N3O2S. The molecule has 1 unspecified atom stereocenters. The summed E-state index contributed by atoms with van der Waals surface area (Å²) in [5, 5.41) is 9.87. The van der Waals surface area contributed by atoms with E-state index in [1.54, 1.807) is 6.92 Å². The molecule has 1 aromatic heterocycles. The number of nitrogens with two attached hydrogens (primary N) is 2. The zero-order valence-corrected chi connectivity index (χ0v) is 7.47. The first kappa shape index (κ1) is 9.40. The van der Waals surface area contributed by atoms with Crippen LogP contribution in [-0.2, 0) is 4.84 Å². The summed E-state index contributed by atoms with van der Waals surface area (Å²) < 4.78 is 0. The standard InChI is InChI=1S/C6H11N3O2S/c1-3-5(4(10)2-11-8)12-6(7)9-3/h4,10H,2,8H2,1H3,(H2,7,9). The summed E-state index contributed by atoms with van der Waals surface area (Å²) in [6, 6.07) is 0. The second-order valence-corrected chi connectivity index (χ2v) is 3.41. The van der Waals surface area contributed by atoms with E-state index in [2.05, 4.69) is 9.82 Å². The minimum atomic E-state index is -0.732. The number of nitrogens with zero attached hydrogens (tertiary/aromatic N) is 1. The Labute approximate surface area is 73.9 Å². The molecule has 1 rings (SSSR count). The van der Waals surface area contributed by atoms with Crippen molar-refractivity contribution in [1.82, 2.24) is 4.98 Å². The Hall–Kier alpha value is -0.690. The fourth-order valence-corrected chi connectivity index (χ4v) is 1.71. The van der Waals surface area contributed by atoms with Gasteiger partial charge in [-0.2, -0.15) is 0 Å². The summed E-state index contributed by atoms with van der Waals surface area (Å²) in [6.45, 7) is 1.84. The predicted molar refractivity (Wildman–Crippen MR) is 46.4 cm³/mol. The maximum atomic E-state index is 9.42. The number of rotatable bonds is 3. The maximum absolute atomic E-state index is 9.42. The van der Waals surface area contributed by atoms with E-state index in [4.69, 9.17) is 11.6 Å². The average molecular weight is 189 g/mol. The molecule has 12 heavy (non-hydrogen) atoms. The molecule has 0 amide bonds. The molecular weight excluding hydrogens is 178 g/mol. The molecule has 0 bridgehead atoms. The van der Waals surface area contributed by atoms with Crippen molar-refractivity contribution in [2.24, 2.45) is 5.90 Å². The van der Waals surface area contributed by atoms with Crippen LogP contribution < -0.4 is 11.6 Å². The normalized spacial score (nSPS) is 13.2. The second kappa shape index (κ2) is 3.81. The highest BCUT2D eigenvalue weighted by atomic mass is 32.1. The monoisotopic (exact) mass is 189 g/mol. The van der Waals surface area contributed by atoms with Gasteiger partial charge in [-0.1, -0.05) is 11.3 Å². The quantitative estimate of drug-likeness (QED) is 0.580. The van der Waals surface area contributed by atoms with Gasteiger partial charge in [0.1, 0.15) is 6.10 Å². The summed E-state index contributed by atoms with van der Waals surface area (Å²) in [5.74, 6) is 4.82. The van der Waals surface area contributed by atoms with Crippen molar-refractivity contribution in [3.8, 4) is 0 Å². The Balaban J connectivity index is 2.79. The molecule has 0 aromatic carbocycles. The molecule has 5 nitrogen and oxygen atoms in total. The molecule has 0 saturated heterocycles. The van der Waals surface area contributed by atoms with Gasteiger partial charge in [0.05, 0.1) is 17.2 Å². The Morgan fingerprint density at radius 3 is 2.83 bits per heavy atom. The predicted octanol–water partition coefficient (Wildman–Crippen LogP) is -0.0426. The van der Waals surface area contributed by atoms with E-state index in [0.717, 1.165) is 5.69 Å². The highest BCUT2D eigenvalue weighted by Gasteiger charge is 2.14. The Morgan fingerprint density at radius 2 is 2.42 bits per heavy atom. The maximum Gasteiger partial charge on any atom is 0.180 e. The first-order valence-electron chi connectivity index (χ1n) is 3.37. The molecule has 1 aromatic rings. The van der Waals surface area contributed by atoms with Gasteiger partial charge in [0.15, 0.2) is 5.13 Å². The van der Waals surface area contributed by atoms with Crippen LogP contribution in [0.25, 0.3) is 0 Å². The van der Waals surface area contributed by atoms with E-state index in [1.165, 1.54) is 11.3 Å². The molecule has 0 saturated carbocycles. The SMILES string of the molecule is Cc1nc(N)sc1C(O)CON. The van der Waals surface area contributed by atoms with E-state index < -0.39 is 6.10 Å². The van der Waals surface area contributed by atoms with Crippen LogP contribution in [0.5, 0.6) is 0 Å². The number of aryl methyl sites for hydroxylation is 1. The topological polar surface area (TPSA) is 94.4 Å². The fourth-order valence-electron chi connectivity index (χ4n) is 0.906. The zero-order valence-electron chi connectivity index (χ0n) is 6.65. The molecule has 0 aliphatic heterocycles. The number of aromatic nitrogens is 1. The van der Waals surface area contributed by atoms with Gasteiger partial charge < -0.3 is 15.7 Å². The van der Waals surface area contributed by atoms with Crippen LogP contribution in [0, 0.1) is 6.92 Å². The first-order chi connectivity index (χ1) is 5.65. The average Bonchev–Trinajstić information content (AvgIpc) is 2.30. The van der Waals surface area contributed by atoms with Gasteiger partial charge in [-0.25, -0.2) is 10.9 Å². The molecule has 0 aliphatic carbocycles. The number of aliphatic hydroxyl groups is 1. The second-order valence-electron chi connectivity index (χ2n) is 2.35. The summed E-state index contributed by atoms with van der Waals surface area (Å²) >= 11 is 1.24. The lowest BCUT2D eigenvalue weighted by atomic mass is 10.3. The minimum Gasteiger partial charge on any atom is -0.385 e. The number of thiazole rings is 1. The molecule has 0 aliphatic rings. The third kappa shape index (κ3) is 1.92. The Morgan fingerprint density at radius 1 is 1.75 bits per heavy atom. The largest absolute Gasteiger partial charge is 0.385 e. The smallest absolute Gasteiger partial charge is 0.180 e. The van der Waals surface area contributed by atoms with Crippen LogP contribution in [0.4, 0.5) is 5.13 Å². The lowest BCUT2D eigenvalue weighted by Crippen LogP contribution is -2.10. The van der Waals surface area contributed by atoms with E-state index in [-0.39, 0.29) is 6.61 Å². The van der Waals surface area contributed by atoms with E-state index >= 15 is 0 Å². The van der Waals surface area contributed by atoms with Crippen LogP contribution >= 0.6 is 11.3 Å². The van der Waals surface area contributed by atoms with Crippen molar-refractivity contribution in [2.75, 3.05) is 12.3 Å².